The second kappa shape index (κ2) is 6.31. The number of nitrogens with zero attached hydrogens (tertiary/aromatic N) is 2. The second-order valence-corrected chi connectivity index (χ2v) is 7.26. The number of amides is 1. The summed E-state index contributed by atoms with van der Waals surface area (Å²) in [5, 5.41) is 0. The van der Waals surface area contributed by atoms with Gasteiger partial charge in [0.05, 0.1) is 18.4 Å². The molecule has 0 N–H and O–H groups in total. The molecule has 0 bridgehead atoms. The van der Waals surface area contributed by atoms with Crippen molar-refractivity contribution >= 4 is 5.91 Å². The molecular formula is C18H23FN2O3. The van der Waals surface area contributed by atoms with Crippen LogP contribution in [0.4, 0.5) is 4.39 Å². The summed E-state index contributed by atoms with van der Waals surface area (Å²) in [4.78, 5) is 18.4. The van der Waals surface area contributed by atoms with Crippen LogP contribution in [-0.4, -0.2) is 53.4 Å². The lowest BCUT2D eigenvalue weighted by Gasteiger charge is -2.42. The van der Waals surface area contributed by atoms with E-state index in [1.165, 1.54) is 0 Å². The molecule has 1 amide bonds. The smallest absolute Gasteiger partial charge is 0.225 e. The summed E-state index contributed by atoms with van der Waals surface area (Å²) in [6.45, 7) is 1.89. The third-order valence-corrected chi connectivity index (χ3v) is 5.39. The van der Waals surface area contributed by atoms with Gasteiger partial charge in [-0.15, -0.1) is 0 Å². The van der Waals surface area contributed by atoms with E-state index < -0.39 is 6.17 Å². The van der Waals surface area contributed by atoms with Gasteiger partial charge in [0, 0.05) is 31.6 Å². The number of hydrogen-bond donors (Lipinski definition) is 0. The molecule has 24 heavy (non-hydrogen) atoms. The number of rotatable bonds is 3. The molecule has 0 radical (unpaired) electrons. The number of carbonyl (C=O) groups is 1. The van der Waals surface area contributed by atoms with Gasteiger partial charge in [-0.3, -0.25) is 9.78 Å². The molecule has 6 heteroatoms. The van der Waals surface area contributed by atoms with E-state index in [-0.39, 0.29) is 23.5 Å². The average molecular weight is 334 g/mol. The van der Waals surface area contributed by atoms with Crippen molar-refractivity contribution in [1.29, 1.82) is 0 Å². The lowest BCUT2D eigenvalue weighted by molar-refractivity contribution is -0.148. The van der Waals surface area contributed by atoms with E-state index in [0.717, 1.165) is 31.6 Å². The fourth-order valence-corrected chi connectivity index (χ4v) is 4.07. The van der Waals surface area contributed by atoms with Gasteiger partial charge in [0.1, 0.15) is 18.0 Å². The molecule has 0 unspecified atom stereocenters. The fourth-order valence-electron chi connectivity index (χ4n) is 4.07. The van der Waals surface area contributed by atoms with Crippen LogP contribution >= 0.6 is 0 Å². The topological polar surface area (TPSA) is 51.7 Å². The van der Waals surface area contributed by atoms with E-state index in [1.54, 1.807) is 12.4 Å². The minimum atomic E-state index is -0.794. The Bertz CT molecular complexity index is 593. The van der Waals surface area contributed by atoms with Gasteiger partial charge in [0.15, 0.2) is 0 Å². The monoisotopic (exact) mass is 334 g/mol. The molecule has 1 aromatic rings. The molecule has 1 spiro atoms. The number of halogens is 1. The first-order chi connectivity index (χ1) is 11.6. The van der Waals surface area contributed by atoms with Crippen molar-refractivity contribution < 1.29 is 18.7 Å². The third kappa shape index (κ3) is 3.11. The van der Waals surface area contributed by atoms with Gasteiger partial charge in [-0.05, 0) is 37.8 Å². The van der Waals surface area contributed by atoms with E-state index in [1.807, 2.05) is 17.0 Å². The van der Waals surface area contributed by atoms with Gasteiger partial charge in [-0.2, -0.15) is 0 Å². The molecule has 130 valence electrons. The zero-order chi connectivity index (χ0) is 16.6. The Morgan fingerprint density at radius 2 is 2.33 bits per heavy atom. The molecule has 3 aliphatic rings. The van der Waals surface area contributed by atoms with Crippen molar-refractivity contribution in [2.75, 3.05) is 19.7 Å². The molecule has 2 aliphatic heterocycles. The quantitative estimate of drug-likeness (QED) is 0.851. The van der Waals surface area contributed by atoms with E-state index in [0.29, 0.717) is 26.0 Å². The van der Waals surface area contributed by atoms with Crippen LogP contribution in [0, 0.1) is 5.92 Å². The number of likely N-dealkylation sites (tertiary alicyclic amines) is 1. The van der Waals surface area contributed by atoms with Crippen LogP contribution in [0.25, 0.3) is 0 Å². The lowest BCUT2D eigenvalue weighted by Crippen LogP contribution is -2.53. The van der Waals surface area contributed by atoms with Crippen LogP contribution in [0.5, 0.6) is 5.75 Å². The highest BCUT2D eigenvalue weighted by Gasteiger charge is 2.47. The summed E-state index contributed by atoms with van der Waals surface area (Å²) in [6, 6.07) is 3.73. The minimum absolute atomic E-state index is 0.0109. The summed E-state index contributed by atoms with van der Waals surface area (Å²) >= 11 is 0. The summed E-state index contributed by atoms with van der Waals surface area (Å²) in [6.07, 6.45) is 6.03. The van der Waals surface area contributed by atoms with Crippen LogP contribution in [0.1, 0.15) is 32.1 Å². The maximum Gasteiger partial charge on any atom is 0.225 e. The Hall–Kier alpha value is -1.69. The summed E-state index contributed by atoms with van der Waals surface area (Å²) < 4.78 is 25.1. The highest BCUT2D eigenvalue weighted by Crippen LogP contribution is 2.38. The molecule has 1 aliphatic carbocycles. The van der Waals surface area contributed by atoms with Crippen LogP contribution in [0.2, 0.25) is 0 Å². The first-order valence-electron chi connectivity index (χ1n) is 8.77. The summed E-state index contributed by atoms with van der Waals surface area (Å²) in [5.41, 5.74) is -0.306. The lowest BCUT2D eigenvalue weighted by atomic mass is 9.81. The molecule has 4 rings (SSSR count). The number of carbonyl (C=O) groups excluding carboxylic acids is 1. The zero-order valence-corrected chi connectivity index (χ0v) is 13.7. The van der Waals surface area contributed by atoms with Gasteiger partial charge in [-0.1, -0.05) is 0 Å². The fraction of sp³-hybridized carbons (Fsp3) is 0.667. The Labute approximate surface area is 141 Å². The van der Waals surface area contributed by atoms with Crippen LogP contribution in [0.15, 0.2) is 24.5 Å². The highest BCUT2D eigenvalue weighted by molar-refractivity contribution is 5.80. The normalized spacial score (nSPS) is 35.7. The van der Waals surface area contributed by atoms with Crippen LogP contribution in [-0.2, 0) is 9.53 Å². The molecule has 0 aromatic carbocycles. The van der Waals surface area contributed by atoms with E-state index in [4.69, 9.17) is 9.47 Å². The Morgan fingerprint density at radius 1 is 1.46 bits per heavy atom. The highest BCUT2D eigenvalue weighted by atomic mass is 19.1. The van der Waals surface area contributed by atoms with Gasteiger partial charge in [-0.25, -0.2) is 4.39 Å². The van der Waals surface area contributed by atoms with Crippen molar-refractivity contribution in [3.8, 4) is 5.75 Å². The number of alkyl halides is 1. The van der Waals surface area contributed by atoms with Crippen molar-refractivity contribution in [3.05, 3.63) is 24.5 Å². The number of piperidine rings is 1. The number of pyridine rings is 1. The molecule has 1 saturated carbocycles. The summed E-state index contributed by atoms with van der Waals surface area (Å²) in [5.74, 6) is 0.720. The molecular weight excluding hydrogens is 311 g/mol. The van der Waals surface area contributed by atoms with Crippen molar-refractivity contribution in [1.82, 2.24) is 9.88 Å². The second-order valence-electron chi connectivity index (χ2n) is 7.26. The standard InChI is InChI=1S/C18H23FN2O3/c19-14-7-13(8-14)17(22)21-6-2-4-18(12-21)9-16(11-23-18)24-15-3-1-5-20-10-15/h1,3,5,10,13-14,16H,2,4,6-9,11-12H2/t13?,14?,16-,18-/m0/s1. The average Bonchev–Trinajstić information content (AvgIpc) is 2.94. The molecule has 1 aromatic heterocycles. The van der Waals surface area contributed by atoms with E-state index in [2.05, 4.69) is 4.98 Å². The molecule has 3 heterocycles. The molecule has 2 atom stereocenters. The van der Waals surface area contributed by atoms with Gasteiger partial charge in [0.25, 0.3) is 0 Å². The Balaban J connectivity index is 1.36. The first kappa shape index (κ1) is 15.8. The SMILES string of the molecule is O=C(C1CC(F)C1)N1CCC[C@]2(C[C@H](Oc3cccnc3)CO2)C1. The zero-order valence-electron chi connectivity index (χ0n) is 13.7. The number of aromatic nitrogens is 1. The maximum atomic E-state index is 13.0. The molecule has 2 saturated heterocycles. The van der Waals surface area contributed by atoms with Gasteiger partial charge in [0.2, 0.25) is 5.91 Å². The third-order valence-electron chi connectivity index (χ3n) is 5.39. The predicted molar refractivity (Wildman–Crippen MR) is 85.4 cm³/mol. The van der Waals surface area contributed by atoms with Crippen molar-refractivity contribution in [3.63, 3.8) is 0 Å². The van der Waals surface area contributed by atoms with Crippen LogP contribution in [0.3, 0.4) is 0 Å². The van der Waals surface area contributed by atoms with E-state index >= 15 is 0 Å². The Kier molecular flexibility index (Phi) is 4.16. The number of ether oxygens (including phenoxy) is 2. The van der Waals surface area contributed by atoms with Crippen LogP contribution < -0.4 is 4.74 Å². The Morgan fingerprint density at radius 3 is 3.08 bits per heavy atom. The predicted octanol–water partition coefficient (Wildman–Crippen LogP) is 2.36. The van der Waals surface area contributed by atoms with Gasteiger partial charge >= 0.3 is 0 Å². The molecule has 5 nitrogen and oxygen atoms in total. The first-order valence-corrected chi connectivity index (χ1v) is 8.77. The van der Waals surface area contributed by atoms with E-state index in [9.17, 15) is 9.18 Å². The molecule has 3 fully saturated rings. The summed E-state index contributed by atoms with van der Waals surface area (Å²) in [7, 11) is 0. The van der Waals surface area contributed by atoms with Gasteiger partial charge < -0.3 is 14.4 Å². The van der Waals surface area contributed by atoms with Crippen molar-refractivity contribution in [2.24, 2.45) is 5.92 Å². The maximum absolute atomic E-state index is 13.0. The largest absolute Gasteiger partial charge is 0.486 e. The number of hydrogen-bond acceptors (Lipinski definition) is 4. The van der Waals surface area contributed by atoms with Crippen molar-refractivity contribution in [2.45, 2.75) is 50.0 Å². The minimum Gasteiger partial charge on any atom is -0.486 e.